The molecular formula is C33H33ClN2O5. The lowest BCUT2D eigenvalue weighted by molar-refractivity contribution is -0.139. The van der Waals surface area contributed by atoms with Crippen LogP contribution in [0.1, 0.15) is 29.8 Å². The first kappa shape index (κ1) is 29.5. The molecule has 0 aliphatic heterocycles. The van der Waals surface area contributed by atoms with Crippen molar-refractivity contribution in [3.8, 4) is 28.4 Å². The molecule has 0 saturated heterocycles. The van der Waals surface area contributed by atoms with Gasteiger partial charge in [-0.2, -0.15) is 0 Å². The molecule has 0 aliphatic carbocycles. The third-order valence-corrected chi connectivity index (χ3v) is 7.00. The Morgan fingerprint density at radius 1 is 0.854 bits per heavy atom. The summed E-state index contributed by atoms with van der Waals surface area (Å²) in [7, 11) is 1.62. The second-order valence-electron chi connectivity index (χ2n) is 9.40. The number of rotatable bonds is 12. The van der Waals surface area contributed by atoms with E-state index in [4.69, 9.17) is 21.1 Å². The second kappa shape index (κ2) is 13.7. The number of carboxylic acid groups (broad SMARTS) is 1. The van der Waals surface area contributed by atoms with Crippen LogP contribution < -0.4 is 19.7 Å². The quantitative estimate of drug-likeness (QED) is 0.189. The average molecular weight is 573 g/mol. The summed E-state index contributed by atoms with van der Waals surface area (Å²) in [6, 6.07) is 26.7. The van der Waals surface area contributed by atoms with Gasteiger partial charge in [0.15, 0.2) is 0 Å². The first-order valence-electron chi connectivity index (χ1n) is 13.4. The fraction of sp³-hybridized carbons (Fsp3) is 0.212. The number of methoxy groups -OCH3 is 1. The molecule has 4 aromatic rings. The number of nitrogens with one attached hydrogen (secondary N) is 1. The minimum Gasteiger partial charge on any atom is -0.497 e. The Bertz CT molecular complexity index is 1480. The number of carboxylic acids is 1. The predicted octanol–water partition coefficient (Wildman–Crippen LogP) is 7.08. The minimum absolute atomic E-state index is 0.128. The van der Waals surface area contributed by atoms with Crippen molar-refractivity contribution in [1.82, 2.24) is 5.32 Å². The Morgan fingerprint density at radius 2 is 1.54 bits per heavy atom. The summed E-state index contributed by atoms with van der Waals surface area (Å²) in [4.78, 5) is 27.3. The van der Waals surface area contributed by atoms with Crippen LogP contribution in [0.25, 0.3) is 11.1 Å². The maximum Gasteiger partial charge on any atom is 0.326 e. The number of halogens is 1. The van der Waals surface area contributed by atoms with E-state index in [0.29, 0.717) is 40.9 Å². The van der Waals surface area contributed by atoms with E-state index < -0.39 is 17.9 Å². The van der Waals surface area contributed by atoms with Gasteiger partial charge in [-0.15, -0.1) is 0 Å². The van der Waals surface area contributed by atoms with Gasteiger partial charge in [0.2, 0.25) is 0 Å². The van der Waals surface area contributed by atoms with Gasteiger partial charge in [-0.3, -0.25) is 4.79 Å². The van der Waals surface area contributed by atoms with Crippen LogP contribution in [-0.2, 0) is 11.2 Å². The van der Waals surface area contributed by atoms with Gasteiger partial charge in [0, 0.05) is 30.2 Å². The lowest BCUT2D eigenvalue weighted by Crippen LogP contribution is -2.42. The summed E-state index contributed by atoms with van der Waals surface area (Å²) in [6.45, 7) is 5.38. The highest BCUT2D eigenvalue weighted by Gasteiger charge is 2.24. The van der Waals surface area contributed by atoms with Crippen LogP contribution in [0.3, 0.4) is 0 Å². The number of hydrogen-bond acceptors (Lipinski definition) is 5. The van der Waals surface area contributed by atoms with Crippen molar-refractivity contribution >= 4 is 29.2 Å². The van der Waals surface area contributed by atoms with Gasteiger partial charge in [0.25, 0.3) is 5.91 Å². The largest absolute Gasteiger partial charge is 0.497 e. The molecule has 41 heavy (non-hydrogen) atoms. The van der Waals surface area contributed by atoms with E-state index in [1.54, 1.807) is 25.3 Å². The fourth-order valence-electron chi connectivity index (χ4n) is 4.55. The van der Waals surface area contributed by atoms with E-state index in [1.165, 1.54) is 0 Å². The van der Waals surface area contributed by atoms with Gasteiger partial charge in [-0.05, 0) is 85.1 Å². The zero-order valence-electron chi connectivity index (χ0n) is 23.3. The normalized spacial score (nSPS) is 11.4. The molecule has 0 saturated carbocycles. The summed E-state index contributed by atoms with van der Waals surface area (Å²) < 4.78 is 11.2. The number of benzene rings is 4. The standard InChI is InChI=1S/C33H33ClN2O5/c1-4-36(5-2)31-18-13-25(34)21-29(31)32(37)35-30(33(38)39)19-22-9-11-23(12-10-22)24-7-6-8-28(20-24)41-27-16-14-26(40-3)15-17-27/h6-18,20-21,30H,4-5,19H2,1-3H3,(H,35,37)(H,38,39)/t30-/m0/s1. The Balaban J connectivity index is 1.46. The first-order chi connectivity index (χ1) is 19.8. The monoisotopic (exact) mass is 572 g/mol. The first-order valence-corrected chi connectivity index (χ1v) is 13.8. The van der Waals surface area contributed by atoms with Crippen LogP contribution in [-0.4, -0.2) is 43.2 Å². The molecule has 0 bridgehead atoms. The van der Waals surface area contributed by atoms with Crippen LogP contribution in [0.2, 0.25) is 5.02 Å². The van der Waals surface area contributed by atoms with Crippen molar-refractivity contribution in [3.05, 3.63) is 107 Å². The maximum absolute atomic E-state index is 13.2. The molecule has 8 heteroatoms. The Labute approximate surface area is 245 Å². The van der Waals surface area contributed by atoms with Gasteiger partial charge >= 0.3 is 5.97 Å². The predicted molar refractivity (Wildman–Crippen MR) is 163 cm³/mol. The Hall–Kier alpha value is -4.49. The van der Waals surface area contributed by atoms with E-state index in [9.17, 15) is 14.7 Å². The molecule has 212 valence electrons. The maximum atomic E-state index is 13.2. The molecule has 0 heterocycles. The topological polar surface area (TPSA) is 88.1 Å². The molecule has 0 radical (unpaired) electrons. The van der Waals surface area contributed by atoms with Crippen LogP contribution in [0.15, 0.2) is 91.0 Å². The summed E-state index contributed by atoms with van der Waals surface area (Å²) >= 11 is 6.18. The number of anilines is 1. The van der Waals surface area contributed by atoms with Gasteiger partial charge in [-0.25, -0.2) is 4.79 Å². The van der Waals surface area contributed by atoms with Crippen molar-refractivity contribution in [2.75, 3.05) is 25.1 Å². The Morgan fingerprint density at radius 3 is 2.17 bits per heavy atom. The highest BCUT2D eigenvalue weighted by molar-refractivity contribution is 6.31. The summed E-state index contributed by atoms with van der Waals surface area (Å²) in [5.74, 6) is 0.548. The zero-order chi connectivity index (χ0) is 29.4. The van der Waals surface area contributed by atoms with Crippen molar-refractivity contribution in [3.63, 3.8) is 0 Å². The number of carbonyl (C=O) groups is 2. The molecule has 4 aromatic carbocycles. The molecule has 1 amide bonds. The third kappa shape index (κ3) is 7.58. The van der Waals surface area contributed by atoms with Crippen molar-refractivity contribution in [1.29, 1.82) is 0 Å². The highest BCUT2D eigenvalue weighted by Crippen LogP contribution is 2.29. The smallest absolute Gasteiger partial charge is 0.326 e. The lowest BCUT2D eigenvalue weighted by atomic mass is 10.00. The van der Waals surface area contributed by atoms with E-state index in [0.717, 1.165) is 22.4 Å². The van der Waals surface area contributed by atoms with Crippen LogP contribution in [0.4, 0.5) is 5.69 Å². The minimum atomic E-state index is -1.11. The van der Waals surface area contributed by atoms with Gasteiger partial charge in [0.1, 0.15) is 23.3 Å². The molecule has 4 rings (SSSR count). The molecule has 0 fully saturated rings. The molecule has 1 atom stereocenters. The van der Waals surface area contributed by atoms with Gasteiger partial charge < -0.3 is 24.8 Å². The highest BCUT2D eigenvalue weighted by atomic mass is 35.5. The van der Waals surface area contributed by atoms with Crippen molar-refractivity contribution < 1.29 is 24.2 Å². The van der Waals surface area contributed by atoms with E-state index in [-0.39, 0.29) is 6.42 Å². The molecule has 0 spiro atoms. The van der Waals surface area contributed by atoms with Gasteiger partial charge in [0.05, 0.1) is 12.7 Å². The average Bonchev–Trinajstić information content (AvgIpc) is 2.99. The third-order valence-electron chi connectivity index (χ3n) is 6.77. The SMILES string of the molecule is CCN(CC)c1ccc(Cl)cc1C(=O)N[C@@H](Cc1ccc(-c2cccc(Oc3ccc(OC)cc3)c2)cc1)C(=O)O. The molecular weight excluding hydrogens is 540 g/mol. The van der Waals surface area contributed by atoms with Crippen molar-refractivity contribution in [2.24, 2.45) is 0 Å². The summed E-state index contributed by atoms with van der Waals surface area (Å²) in [5, 5.41) is 13.0. The molecule has 7 nitrogen and oxygen atoms in total. The van der Waals surface area contributed by atoms with Crippen LogP contribution in [0.5, 0.6) is 17.2 Å². The second-order valence-corrected chi connectivity index (χ2v) is 9.84. The molecule has 0 aliphatic rings. The fourth-order valence-corrected chi connectivity index (χ4v) is 4.73. The lowest BCUT2D eigenvalue weighted by Gasteiger charge is -2.24. The molecule has 0 aromatic heterocycles. The molecule has 2 N–H and O–H groups in total. The van der Waals surface area contributed by atoms with E-state index in [2.05, 4.69) is 5.32 Å². The summed E-state index contributed by atoms with van der Waals surface area (Å²) in [6.07, 6.45) is 0.128. The number of carbonyl (C=O) groups excluding carboxylic acids is 1. The Kier molecular flexibility index (Phi) is 9.87. The zero-order valence-corrected chi connectivity index (χ0v) is 24.0. The summed E-state index contributed by atoms with van der Waals surface area (Å²) in [5.41, 5.74) is 3.74. The van der Waals surface area contributed by atoms with Crippen LogP contribution in [0, 0.1) is 0 Å². The van der Waals surface area contributed by atoms with E-state index in [1.807, 2.05) is 91.5 Å². The number of ether oxygens (including phenoxy) is 2. The number of amides is 1. The number of nitrogens with zero attached hydrogens (tertiary/aromatic N) is 1. The number of hydrogen-bond donors (Lipinski definition) is 2. The van der Waals surface area contributed by atoms with E-state index >= 15 is 0 Å². The number of aliphatic carboxylic acids is 1. The van der Waals surface area contributed by atoms with Crippen molar-refractivity contribution in [2.45, 2.75) is 26.3 Å². The molecule has 0 unspecified atom stereocenters. The van der Waals surface area contributed by atoms with Crippen LogP contribution >= 0.6 is 11.6 Å². The van der Waals surface area contributed by atoms with Gasteiger partial charge in [-0.1, -0.05) is 48.0 Å².